The molecule has 1 atom stereocenters. The molecule has 1 heterocycles. The summed E-state index contributed by atoms with van der Waals surface area (Å²) in [5.74, 6) is -0.271. The maximum atomic E-state index is 13.9. The molecular weight excluding hydrogens is 301 g/mol. The van der Waals surface area contributed by atoms with Gasteiger partial charge in [0, 0.05) is 13.3 Å². The summed E-state index contributed by atoms with van der Waals surface area (Å²) in [5, 5.41) is 0.0595. The average molecular weight is 320 g/mol. The molecule has 0 N–H and O–H groups in total. The van der Waals surface area contributed by atoms with E-state index in [1.54, 1.807) is 19.4 Å². The van der Waals surface area contributed by atoms with E-state index in [-0.39, 0.29) is 15.5 Å². The molecule has 0 saturated carbocycles. The summed E-state index contributed by atoms with van der Waals surface area (Å²) in [6, 6.07) is 2.38. The number of hydrogen-bond acceptors (Lipinski definition) is 2. The Labute approximate surface area is 112 Å². The maximum Gasteiger partial charge on any atom is 0.198 e. The smallest absolute Gasteiger partial charge is 0.198 e. The van der Waals surface area contributed by atoms with Crippen molar-refractivity contribution in [2.24, 2.45) is 0 Å². The Balaban J connectivity index is 3.08. The molecule has 1 aromatic rings. The van der Waals surface area contributed by atoms with Crippen LogP contribution in [0.3, 0.4) is 0 Å². The average Bonchev–Trinajstić information content (AvgIpc) is 2.23. The fourth-order valence-electron chi connectivity index (χ4n) is 1.60. The lowest BCUT2D eigenvalue weighted by molar-refractivity contribution is 0.364. The topological polar surface area (TPSA) is 22.1 Å². The Morgan fingerprint density at radius 2 is 2.06 bits per heavy atom. The molecule has 0 aromatic carbocycles. The van der Waals surface area contributed by atoms with E-state index in [1.165, 1.54) is 0 Å². The first-order valence-electron chi connectivity index (χ1n) is 5.55. The highest BCUT2D eigenvalue weighted by molar-refractivity contribution is 9.10. The molecule has 0 aliphatic heterocycles. The second-order valence-electron chi connectivity index (χ2n) is 5.44. The van der Waals surface area contributed by atoms with Crippen LogP contribution in [0.15, 0.2) is 16.9 Å². The monoisotopic (exact) mass is 319 g/mol. The first-order valence-corrected chi connectivity index (χ1v) is 8.96. The molecule has 0 bridgehead atoms. The van der Waals surface area contributed by atoms with E-state index in [4.69, 9.17) is 4.43 Å². The molecule has 1 rings (SSSR count). The van der Waals surface area contributed by atoms with E-state index in [1.807, 2.05) is 0 Å². The van der Waals surface area contributed by atoms with Crippen LogP contribution in [-0.2, 0) is 10.5 Å². The van der Waals surface area contributed by atoms with E-state index in [0.717, 1.165) is 0 Å². The summed E-state index contributed by atoms with van der Waals surface area (Å²) >= 11 is 3.11. The number of hydrogen-bond donors (Lipinski definition) is 0. The van der Waals surface area contributed by atoms with Gasteiger partial charge in [0.25, 0.3) is 0 Å². The molecule has 0 aliphatic carbocycles. The van der Waals surface area contributed by atoms with Gasteiger partial charge in [-0.05, 0) is 45.2 Å². The van der Waals surface area contributed by atoms with Crippen LogP contribution in [0, 0.1) is 5.82 Å². The maximum absolute atomic E-state index is 13.9. The molecule has 0 aliphatic rings. The standard InChI is InChI=1S/C12H19BrFNOSi/c1-12(2,3)17(5,16-4)8-9-6-7-15-11(13)10(9)14/h6-7H,8H2,1-5H3. The molecule has 96 valence electrons. The summed E-state index contributed by atoms with van der Waals surface area (Å²) < 4.78 is 19.9. The molecule has 1 unspecified atom stereocenters. The lowest BCUT2D eigenvalue weighted by atomic mass is 10.2. The molecule has 0 amide bonds. The van der Waals surface area contributed by atoms with Gasteiger partial charge in [0.15, 0.2) is 14.1 Å². The third-order valence-electron chi connectivity index (χ3n) is 3.49. The fourth-order valence-corrected chi connectivity index (χ4v) is 4.26. The van der Waals surface area contributed by atoms with Crippen molar-refractivity contribution >= 4 is 24.2 Å². The largest absolute Gasteiger partial charge is 0.419 e. The van der Waals surface area contributed by atoms with Gasteiger partial charge in [-0.3, -0.25) is 0 Å². The SMILES string of the molecule is CO[Si](C)(Cc1ccnc(Br)c1F)C(C)(C)C. The Morgan fingerprint density at radius 3 is 2.53 bits per heavy atom. The van der Waals surface area contributed by atoms with Crippen molar-refractivity contribution in [3.8, 4) is 0 Å². The van der Waals surface area contributed by atoms with Crippen LogP contribution < -0.4 is 0 Å². The predicted octanol–water partition coefficient (Wildman–Crippen LogP) is 4.09. The molecule has 1 aromatic heterocycles. The van der Waals surface area contributed by atoms with Crippen molar-refractivity contribution in [1.82, 2.24) is 4.98 Å². The van der Waals surface area contributed by atoms with Gasteiger partial charge >= 0.3 is 0 Å². The number of pyridine rings is 1. The van der Waals surface area contributed by atoms with Crippen LogP contribution in [0.4, 0.5) is 4.39 Å². The van der Waals surface area contributed by atoms with Gasteiger partial charge < -0.3 is 4.43 Å². The van der Waals surface area contributed by atoms with Crippen LogP contribution in [-0.4, -0.2) is 20.4 Å². The van der Waals surface area contributed by atoms with Gasteiger partial charge in [-0.1, -0.05) is 20.8 Å². The highest BCUT2D eigenvalue weighted by Gasteiger charge is 2.41. The van der Waals surface area contributed by atoms with Crippen LogP contribution in [0.5, 0.6) is 0 Å². The van der Waals surface area contributed by atoms with E-state index in [9.17, 15) is 4.39 Å². The first-order chi connectivity index (χ1) is 7.71. The first kappa shape index (κ1) is 14.8. The second-order valence-corrected chi connectivity index (χ2v) is 10.9. The molecule has 2 nitrogen and oxygen atoms in total. The van der Waals surface area contributed by atoms with Gasteiger partial charge in [-0.25, -0.2) is 9.37 Å². The van der Waals surface area contributed by atoms with Crippen LogP contribution in [0.2, 0.25) is 11.6 Å². The summed E-state index contributed by atoms with van der Waals surface area (Å²) in [6.45, 7) is 8.59. The normalized spacial score (nSPS) is 15.7. The Bertz CT molecular complexity index is 408. The highest BCUT2D eigenvalue weighted by Crippen LogP contribution is 2.39. The minimum absolute atomic E-state index is 0.0595. The summed E-state index contributed by atoms with van der Waals surface area (Å²) in [5.41, 5.74) is 0.679. The molecule has 5 heteroatoms. The van der Waals surface area contributed by atoms with Crippen molar-refractivity contribution in [2.45, 2.75) is 38.4 Å². The van der Waals surface area contributed by atoms with Crippen LogP contribution in [0.25, 0.3) is 0 Å². The Morgan fingerprint density at radius 1 is 1.47 bits per heavy atom. The fraction of sp³-hybridized carbons (Fsp3) is 0.583. The lowest BCUT2D eigenvalue weighted by Gasteiger charge is -2.38. The lowest BCUT2D eigenvalue weighted by Crippen LogP contribution is -2.46. The van der Waals surface area contributed by atoms with Gasteiger partial charge in [-0.2, -0.15) is 0 Å². The van der Waals surface area contributed by atoms with Crippen molar-refractivity contribution in [3.63, 3.8) is 0 Å². The summed E-state index contributed by atoms with van der Waals surface area (Å²) in [6.07, 6.45) is 1.62. The van der Waals surface area contributed by atoms with Gasteiger partial charge in [0.05, 0.1) is 0 Å². The van der Waals surface area contributed by atoms with Gasteiger partial charge in [0.2, 0.25) is 0 Å². The molecule has 0 saturated heterocycles. The van der Waals surface area contributed by atoms with Crippen molar-refractivity contribution in [1.29, 1.82) is 0 Å². The number of rotatable bonds is 3. The van der Waals surface area contributed by atoms with E-state index >= 15 is 0 Å². The molecular formula is C12H19BrFNOSi. The summed E-state index contributed by atoms with van der Waals surface area (Å²) in [7, 11) is -0.281. The third kappa shape index (κ3) is 3.14. The van der Waals surface area contributed by atoms with Crippen molar-refractivity contribution in [2.75, 3.05) is 7.11 Å². The van der Waals surface area contributed by atoms with Crippen LogP contribution in [0.1, 0.15) is 26.3 Å². The second kappa shape index (κ2) is 5.16. The quantitative estimate of drug-likeness (QED) is 0.618. The highest BCUT2D eigenvalue weighted by atomic mass is 79.9. The summed E-state index contributed by atoms with van der Waals surface area (Å²) in [4.78, 5) is 3.87. The zero-order chi connectivity index (χ0) is 13.3. The number of halogens is 2. The molecule has 0 fully saturated rings. The third-order valence-corrected chi connectivity index (χ3v) is 9.17. The zero-order valence-electron chi connectivity index (χ0n) is 11.0. The minimum Gasteiger partial charge on any atom is -0.419 e. The van der Waals surface area contributed by atoms with Gasteiger partial charge in [-0.15, -0.1) is 0 Å². The molecule has 17 heavy (non-hydrogen) atoms. The van der Waals surface area contributed by atoms with Crippen LogP contribution >= 0.6 is 15.9 Å². The zero-order valence-corrected chi connectivity index (χ0v) is 13.6. The Hall–Kier alpha value is -0.263. The van der Waals surface area contributed by atoms with Gasteiger partial charge in [0.1, 0.15) is 4.60 Å². The van der Waals surface area contributed by atoms with E-state index in [2.05, 4.69) is 48.2 Å². The van der Waals surface area contributed by atoms with E-state index in [0.29, 0.717) is 11.6 Å². The Kier molecular flexibility index (Phi) is 4.49. The molecule has 0 spiro atoms. The van der Waals surface area contributed by atoms with Crippen molar-refractivity contribution < 1.29 is 8.82 Å². The number of nitrogens with zero attached hydrogens (tertiary/aromatic N) is 1. The van der Waals surface area contributed by atoms with Crippen molar-refractivity contribution in [3.05, 3.63) is 28.2 Å². The molecule has 0 radical (unpaired) electrons. The number of aromatic nitrogens is 1. The van der Waals surface area contributed by atoms with E-state index < -0.39 is 8.32 Å². The predicted molar refractivity (Wildman–Crippen MR) is 73.9 cm³/mol. The minimum atomic E-state index is -2.01.